The second kappa shape index (κ2) is 5.34. The van der Waals surface area contributed by atoms with Crippen molar-refractivity contribution in [1.82, 2.24) is 0 Å². The molecule has 0 aromatic rings. The van der Waals surface area contributed by atoms with Crippen molar-refractivity contribution < 1.29 is 24.2 Å². The lowest BCUT2D eigenvalue weighted by Gasteiger charge is -2.56. The summed E-state index contributed by atoms with van der Waals surface area (Å²) in [6, 6.07) is 0. The van der Waals surface area contributed by atoms with Crippen LogP contribution in [0.5, 0.6) is 0 Å². The van der Waals surface area contributed by atoms with Crippen LogP contribution in [0.4, 0.5) is 0 Å². The van der Waals surface area contributed by atoms with E-state index in [1.807, 2.05) is 6.08 Å². The van der Waals surface area contributed by atoms with Gasteiger partial charge in [0.15, 0.2) is 5.78 Å². The number of fused-ring (bicyclic) bond motifs is 6. The van der Waals surface area contributed by atoms with Crippen molar-refractivity contribution in [1.29, 1.82) is 0 Å². The topological polar surface area (TPSA) is 76.1 Å². The number of ether oxygens (including phenoxy) is 2. The Bertz CT molecular complexity index is 848. The predicted octanol–water partition coefficient (Wildman–Crippen LogP) is 3.19. The number of carbonyl (C=O) groups excluding carboxylic acids is 2. The zero-order valence-electron chi connectivity index (χ0n) is 17.7. The molecule has 1 saturated heterocycles. The van der Waals surface area contributed by atoms with Crippen molar-refractivity contribution in [3.05, 3.63) is 11.6 Å². The lowest BCUT2D eigenvalue weighted by Crippen LogP contribution is -2.60. The fourth-order valence-electron chi connectivity index (χ4n) is 8.75. The van der Waals surface area contributed by atoms with Gasteiger partial charge in [-0.25, -0.2) is 0 Å². The van der Waals surface area contributed by atoms with Gasteiger partial charge in [-0.15, -0.1) is 0 Å². The molecule has 1 spiro atoms. The average Bonchev–Trinajstić information content (AvgIpc) is 3.58. The molecular formula is C24H32O5. The SMILES string of the molecule is COC(=O)CC[C@]1(O)CC[C@H]2[C@@H]3[C@H]4C[C@H]4C4=CC(=O)CC[C@]4(C)C34OC4C[C@]21C. The quantitative estimate of drug-likeness (QED) is 0.582. The summed E-state index contributed by atoms with van der Waals surface area (Å²) in [7, 11) is 1.41. The van der Waals surface area contributed by atoms with Gasteiger partial charge < -0.3 is 14.6 Å². The third kappa shape index (κ3) is 2.00. The van der Waals surface area contributed by atoms with Crippen LogP contribution in [0.15, 0.2) is 11.6 Å². The molecule has 1 N–H and O–H groups in total. The molecule has 2 unspecified atom stereocenters. The van der Waals surface area contributed by atoms with Gasteiger partial charge >= 0.3 is 5.97 Å². The van der Waals surface area contributed by atoms with E-state index in [4.69, 9.17) is 9.47 Å². The zero-order valence-corrected chi connectivity index (χ0v) is 17.7. The van der Waals surface area contributed by atoms with E-state index in [1.54, 1.807) is 0 Å². The molecule has 0 radical (unpaired) electrons. The molecule has 5 fully saturated rings. The van der Waals surface area contributed by atoms with E-state index in [9.17, 15) is 14.7 Å². The summed E-state index contributed by atoms with van der Waals surface area (Å²) in [6.45, 7) is 4.61. The van der Waals surface area contributed by atoms with Crippen LogP contribution in [0.1, 0.15) is 65.2 Å². The highest BCUT2D eigenvalue weighted by Crippen LogP contribution is 2.82. The van der Waals surface area contributed by atoms with Gasteiger partial charge in [-0.1, -0.05) is 19.4 Å². The Labute approximate surface area is 172 Å². The van der Waals surface area contributed by atoms with Gasteiger partial charge in [-0.2, -0.15) is 0 Å². The number of esters is 1. The minimum atomic E-state index is -0.825. The summed E-state index contributed by atoms with van der Waals surface area (Å²) in [6.07, 6.45) is 8.22. The monoisotopic (exact) mass is 400 g/mol. The smallest absolute Gasteiger partial charge is 0.305 e. The molecule has 158 valence electrons. The second-order valence-corrected chi connectivity index (χ2v) is 11.2. The summed E-state index contributed by atoms with van der Waals surface area (Å²) < 4.78 is 11.5. The number of hydrogen-bond donors (Lipinski definition) is 1. The highest BCUT2D eigenvalue weighted by Gasteiger charge is 2.84. The number of methoxy groups -OCH3 is 1. The molecule has 0 aromatic carbocycles. The number of epoxide rings is 1. The first-order valence-electron chi connectivity index (χ1n) is 11.4. The van der Waals surface area contributed by atoms with Crippen LogP contribution in [0.3, 0.4) is 0 Å². The second-order valence-electron chi connectivity index (χ2n) is 11.2. The number of aliphatic hydroxyl groups is 1. The van der Waals surface area contributed by atoms with Crippen LogP contribution >= 0.6 is 0 Å². The summed E-state index contributed by atoms with van der Waals surface area (Å²) in [5.41, 5.74) is 0.177. The highest BCUT2D eigenvalue weighted by molar-refractivity contribution is 5.92. The lowest BCUT2D eigenvalue weighted by molar-refractivity contribution is -0.147. The van der Waals surface area contributed by atoms with E-state index in [-0.39, 0.29) is 40.7 Å². The molecule has 6 aliphatic rings. The van der Waals surface area contributed by atoms with E-state index in [0.29, 0.717) is 36.5 Å². The normalized spacial score (nSPS) is 56.2. The van der Waals surface area contributed by atoms with E-state index >= 15 is 0 Å². The molecule has 5 heteroatoms. The minimum Gasteiger partial charge on any atom is -0.469 e. The summed E-state index contributed by atoms with van der Waals surface area (Å²) >= 11 is 0. The van der Waals surface area contributed by atoms with Crippen molar-refractivity contribution in [2.75, 3.05) is 7.11 Å². The molecular weight excluding hydrogens is 368 g/mol. The Hall–Kier alpha value is -1.20. The van der Waals surface area contributed by atoms with Crippen LogP contribution in [0.25, 0.3) is 0 Å². The first-order valence-corrected chi connectivity index (χ1v) is 11.4. The first-order chi connectivity index (χ1) is 13.7. The Morgan fingerprint density at radius 1 is 1.34 bits per heavy atom. The maximum atomic E-state index is 12.2. The van der Waals surface area contributed by atoms with Gasteiger partial charge in [0.2, 0.25) is 0 Å². The van der Waals surface area contributed by atoms with Crippen LogP contribution in [0.2, 0.25) is 0 Å². The lowest BCUT2D eigenvalue weighted by atomic mass is 9.46. The summed E-state index contributed by atoms with van der Waals surface area (Å²) in [5.74, 6) is 2.07. The van der Waals surface area contributed by atoms with E-state index < -0.39 is 5.60 Å². The Balaban J connectivity index is 1.37. The molecule has 5 aliphatic carbocycles. The van der Waals surface area contributed by atoms with E-state index in [0.717, 1.165) is 25.7 Å². The Kier molecular flexibility index (Phi) is 3.42. The molecule has 1 heterocycles. The Morgan fingerprint density at radius 3 is 2.90 bits per heavy atom. The van der Waals surface area contributed by atoms with Crippen LogP contribution < -0.4 is 0 Å². The van der Waals surface area contributed by atoms with Gasteiger partial charge in [0.25, 0.3) is 0 Å². The van der Waals surface area contributed by atoms with E-state index in [1.165, 1.54) is 19.1 Å². The molecule has 5 nitrogen and oxygen atoms in total. The van der Waals surface area contributed by atoms with Crippen LogP contribution in [-0.2, 0) is 19.1 Å². The number of hydrogen-bond acceptors (Lipinski definition) is 5. The average molecular weight is 401 g/mol. The van der Waals surface area contributed by atoms with Crippen LogP contribution in [0, 0.1) is 34.5 Å². The maximum absolute atomic E-state index is 12.2. The van der Waals surface area contributed by atoms with Gasteiger partial charge in [-0.3, -0.25) is 9.59 Å². The highest BCUT2D eigenvalue weighted by atomic mass is 16.6. The van der Waals surface area contributed by atoms with Gasteiger partial charge in [0.1, 0.15) is 5.60 Å². The van der Waals surface area contributed by atoms with Gasteiger partial charge in [0.05, 0.1) is 18.8 Å². The molecule has 0 aromatic heterocycles. The Morgan fingerprint density at radius 2 is 2.14 bits per heavy atom. The third-order valence-corrected chi connectivity index (χ3v) is 10.4. The summed E-state index contributed by atoms with van der Waals surface area (Å²) in [5, 5.41) is 11.7. The number of carbonyl (C=O) groups is 2. The maximum Gasteiger partial charge on any atom is 0.305 e. The summed E-state index contributed by atoms with van der Waals surface area (Å²) in [4.78, 5) is 24.0. The third-order valence-electron chi connectivity index (χ3n) is 10.4. The standard InChI is InChI=1S/C24H32O5/c1-21-7-4-13(25)10-17(21)14-11-15(14)20-16-5-8-23(27,9-6-19(26)28-3)22(16,2)12-18-24(20,21)29-18/h10,14-16,18,20,27H,4-9,11-12H2,1-3H3/t14-,15+,16+,18?,20+,21+,22-,23-,24?/m1/s1. The van der Waals surface area contributed by atoms with Crippen molar-refractivity contribution in [3.8, 4) is 0 Å². The van der Waals surface area contributed by atoms with Gasteiger partial charge in [-0.05, 0) is 68.3 Å². The van der Waals surface area contributed by atoms with Crippen molar-refractivity contribution in [2.24, 2.45) is 34.5 Å². The largest absolute Gasteiger partial charge is 0.469 e. The molecule has 4 saturated carbocycles. The van der Waals surface area contributed by atoms with Gasteiger partial charge in [0, 0.05) is 23.7 Å². The van der Waals surface area contributed by atoms with Crippen LogP contribution in [-0.4, -0.2) is 41.3 Å². The zero-order chi connectivity index (χ0) is 20.4. The van der Waals surface area contributed by atoms with Crippen molar-refractivity contribution >= 4 is 11.8 Å². The minimum absolute atomic E-state index is 0.0258. The molecule has 1 aliphatic heterocycles. The number of ketones is 1. The molecule has 29 heavy (non-hydrogen) atoms. The number of rotatable bonds is 3. The van der Waals surface area contributed by atoms with Crippen molar-refractivity contribution in [3.63, 3.8) is 0 Å². The molecule has 9 atom stereocenters. The van der Waals surface area contributed by atoms with Crippen molar-refractivity contribution in [2.45, 2.75) is 82.5 Å². The fraction of sp³-hybridized carbons (Fsp3) is 0.833. The first kappa shape index (κ1) is 18.6. The molecule has 6 rings (SSSR count). The predicted molar refractivity (Wildman–Crippen MR) is 105 cm³/mol. The van der Waals surface area contributed by atoms with E-state index in [2.05, 4.69) is 13.8 Å². The molecule has 0 bridgehead atoms. The molecule has 0 amide bonds. The fourth-order valence-corrected chi connectivity index (χ4v) is 8.75.